The summed E-state index contributed by atoms with van der Waals surface area (Å²) in [6.45, 7) is 0.682. The van der Waals surface area contributed by atoms with Crippen molar-refractivity contribution in [3.05, 3.63) is 35.5 Å². The zero-order chi connectivity index (χ0) is 22.8. The number of aromatic nitrogens is 2. The molecule has 0 radical (unpaired) electrons. The molecule has 33 heavy (non-hydrogen) atoms. The number of hydrogen-bond donors (Lipinski definition) is 1. The third-order valence-electron chi connectivity index (χ3n) is 6.56. The number of sulfonamides is 1. The van der Waals surface area contributed by atoms with Crippen molar-refractivity contribution in [3.63, 3.8) is 0 Å². The summed E-state index contributed by atoms with van der Waals surface area (Å²) in [5.41, 5.74) is 0.431. The Morgan fingerprint density at radius 2 is 1.85 bits per heavy atom. The van der Waals surface area contributed by atoms with E-state index in [1.165, 1.54) is 0 Å². The Morgan fingerprint density at radius 1 is 1.06 bits per heavy atom. The number of nitrogens with zero attached hydrogens (tertiary/aromatic N) is 3. The zero-order valence-electron chi connectivity index (χ0n) is 18.4. The van der Waals surface area contributed by atoms with Crippen LogP contribution in [0.5, 0.6) is 11.5 Å². The molecule has 1 aliphatic carbocycles. The van der Waals surface area contributed by atoms with E-state index in [0.717, 1.165) is 32.1 Å². The van der Waals surface area contributed by atoms with Gasteiger partial charge in [0, 0.05) is 12.1 Å². The molecule has 3 heterocycles. The third-order valence-corrected chi connectivity index (χ3v) is 8.97. The number of carbonyl (C=O) groups is 1. The van der Waals surface area contributed by atoms with Gasteiger partial charge in [-0.25, -0.2) is 8.42 Å². The summed E-state index contributed by atoms with van der Waals surface area (Å²) in [6.07, 6.45) is 6.82. The standard InChI is InChI=1S/C22H28N4O6S/c27-21(15-9-10-18-19(12-15)31-14-30-18)23-13-20-24-22(32-25-20)17-8-4-5-11-26(17)33(28,29)16-6-2-1-3-7-16/h9-10,12,16-17H,1-8,11,13-14H2,(H,23,27)/t17-/m0/s1. The average Bonchev–Trinajstić information content (AvgIpc) is 3.52. The Morgan fingerprint density at radius 3 is 2.70 bits per heavy atom. The molecule has 10 nitrogen and oxygen atoms in total. The van der Waals surface area contributed by atoms with Crippen molar-refractivity contribution in [2.75, 3.05) is 13.3 Å². The molecule has 1 saturated heterocycles. The molecule has 2 fully saturated rings. The lowest BCUT2D eigenvalue weighted by molar-refractivity contribution is 0.0949. The number of amides is 1. The molecule has 2 aliphatic heterocycles. The predicted molar refractivity (Wildman–Crippen MR) is 117 cm³/mol. The average molecular weight is 477 g/mol. The molecular formula is C22H28N4O6S. The number of rotatable bonds is 6. The van der Waals surface area contributed by atoms with Crippen molar-refractivity contribution in [1.29, 1.82) is 0 Å². The topological polar surface area (TPSA) is 124 Å². The number of nitrogens with one attached hydrogen (secondary N) is 1. The van der Waals surface area contributed by atoms with Gasteiger partial charge in [-0.3, -0.25) is 4.79 Å². The highest BCUT2D eigenvalue weighted by molar-refractivity contribution is 7.89. The van der Waals surface area contributed by atoms with Crippen LogP contribution in [0.15, 0.2) is 22.7 Å². The summed E-state index contributed by atoms with van der Waals surface area (Å²) in [7, 11) is -3.43. The van der Waals surface area contributed by atoms with Crippen LogP contribution in [0.2, 0.25) is 0 Å². The Hall–Kier alpha value is -2.66. The smallest absolute Gasteiger partial charge is 0.251 e. The van der Waals surface area contributed by atoms with Crippen LogP contribution in [0.1, 0.15) is 79.5 Å². The Labute approximate surface area is 192 Å². The van der Waals surface area contributed by atoms with Gasteiger partial charge in [0.05, 0.1) is 11.8 Å². The van der Waals surface area contributed by atoms with Crippen molar-refractivity contribution in [2.24, 2.45) is 0 Å². The number of benzene rings is 1. The van der Waals surface area contributed by atoms with Gasteiger partial charge < -0.3 is 19.3 Å². The van der Waals surface area contributed by atoms with Crippen LogP contribution < -0.4 is 14.8 Å². The van der Waals surface area contributed by atoms with Crippen molar-refractivity contribution in [2.45, 2.75) is 69.2 Å². The van der Waals surface area contributed by atoms with Gasteiger partial charge in [-0.1, -0.05) is 30.8 Å². The summed E-state index contributed by atoms with van der Waals surface area (Å²) in [5, 5.41) is 6.42. The molecule has 1 aromatic heterocycles. The SMILES string of the molecule is O=C(NCc1noc([C@@H]2CCCCN2S(=O)(=O)C2CCCCC2)n1)c1ccc2c(c1)OCO2. The van der Waals surface area contributed by atoms with Crippen molar-refractivity contribution >= 4 is 15.9 Å². The third kappa shape index (κ3) is 4.56. The summed E-state index contributed by atoms with van der Waals surface area (Å²) in [6, 6.07) is 4.51. The minimum absolute atomic E-state index is 0.0683. The number of ether oxygens (including phenoxy) is 2. The van der Waals surface area contributed by atoms with Crippen LogP contribution in [-0.2, 0) is 16.6 Å². The van der Waals surface area contributed by atoms with Crippen LogP contribution in [-0.4, -0.2) is 47.4 Å². The number of piperidine rings is 1. The van der Waals surface area contributed by atoms with Gasteiger partial charge in [0.25, 0.3) is 5.91 Å². The van der Waals surface area contributed by atoms with Gasteiger partial charge in [-0.2, -0.15) is 9.29 Å². The van der Waals surface area contributed by atoms with Gasteiger partial charge in [0.2, 0.25) is 22.7 Å². The highest BCUT2D eigenvalue weighted by Gasteiger charge is 2.41. The second-order valence-electron chi connectivity index (χ2n) is 8.73. The second kappa shape index (κ2) is 9.30. The van der Waals surface area contributed by atoms with Gasteiger partial charge in [0.15, 0.2) is 17.3 Å². The number of fused-ring (bicyclic) bond motifs is 1. The Balaban J connectivity index is 1.25. The maximum atomic E-state index is 13.3. The number of carbonyl (C=O) groups excluding carboxylic acids is 1. The van der Waals surface area contributed by atoms with E-state index < -0.39 is 16.1 Å². The Bertz CT molecular complexity index is 1110. The maximum Gasteiger partial charge on any atom is 0.251 e. The first-order valence-corrected chi connectivity index (χ1v) is 13.0. The van der Waals surface area contributed by atoms with Crippen LogP contribution >= 0.6 is 0 Å². The minimum atomic E-state index is -3.43. The van der Waals surface area contributed by atoms with E-state index in [2.05, 4.69) is 15.5 Å². The first-order chi connectivity index (χ1) is 16.0. The zero-order valence-corrected chi connectivity index (χ0v) is 19.2. The highest BCUT2D eigenvalue weighted by Crippen LogP contribution is 2.36. The van der Waals surface area contributed by atoms with Gasteiger partial charge >= 0.3 is 0 Å². The fourth-order valence-corrected chi connectivity index (χ4v) is 7.03. The van der Waals surface area contributed by atoms with E-state index in [9.17, 15) is 13.2 Å². The normalized spacial score (nSPS) is 21.8. The predicted octanol–water partition coefficient (Wildman–Crippen LogP) is 2.92. The monoisotopic (exact) mass is 476 g/mol. The second-order valence-corrected chi connectivity index (χ2v) is 10.9. The fourth-order valence-electron chi connectivity index (χ4n) is 4.78. The lowest BCUT2D eigenvalue weighted by atomic mass is 10.0. The first kappa shape index (κ1) is 22.1. The quantitative estimate of drug-likeness (QED) is 0.675. The van der Waals surface area contributed by atoms with Crippen LogP contribution in [0.3, 0.4) is 0 Å². The van der Waals surface area contributed by atoms with E-state index >= 15 is 0 Å². The minimum Gasteiger partial charge on any atom is -0.454 e. The van der Waals surface area contributed by atoms with Gasteiger partial charge in [-0.05, 0) is 43.9 Å². The van der Waals surface area contributed by atoms with E-state index in [-0.39, 0.29) is 24.5 Å². The van der Waals surface area contributed by atoms with Crippen LogP contribution in [0.25, 0.3) is 0 Å². The Kier molecular flexibility index (Phi) is 6.24. The molecule has 0 unspecified atom stereocenters. The van der Waals surface area contributed by atoms with Crippen molar-refractivity contribution in [1.82, 2.24) is 19.8 Å². The molecule has 1 atom stereocenters. The molecule has 5 rings (SSSR count). The lowest BCUT2D eigenvalue weighted by Gasteiger charge is -2.36. The van der Waals surface area contributed by atoms with E-state index in [0.29, 0.717) is 54.6 Å². The van der Waals surface area contributed by atoms with Crippen molar-refractivity contribution < 1.29 is 27.2 Å². The molecule has 3 aliphatic rings. The van der Waals surface area contributed by atoms with Gasteiger partial charge in [0.1, 0.15) is 6.04 Å². The molecule has 0 spiro atoms. The molecule has 1 aromatic carbocycles. The maximum absolute atomic E-state index is 13.3. The summed E-state index contributed by atoms with van der Waals surface area (Å²) in [4.78, 5) is 16.9. The molecule has 1 amide bonds. The molecule has 1 saturated carbocycles. The van der Waals surface area contributed by atoms with Crippen LogP contribution in [0, 0.1) is 0 Å². The van der Waals surface area contributed by atoms with E-state index in [1.807, 2.05) is 0 Å². The number of hydrogen-bond acceptors (Lipinski definition) is 8. The van der Waals surface area contributed by atoms with E-state index in [1.54, 1.807) is 22.5 Å². The molecular weight excluding hydrogens is 448 g/mol. The highest BCUT2D eigenvalue weighted by atomic mass is 32.2. The summed E-state index contributed by atoms with van der Waals surface area (Å²) in [5.74, 6) is 1.43. The van der Waals surface area contributed by atoms with Gasteiger partial charge in [-0.15, -0.1) is 0 Å². The van der Waals surface area contributed by atoms with Crippen molar-refractivity contribution in [3.8, 4) is 11.5 Å². The van der Waals surface area contributed by atoms with E-state index in [4.69, 9.17) is 14.0 Å². The molecule has 11 heteroatoms. The molecule has 0 bridgehead atoms. The largest absolute Gasteiger partial charge is 0.454 e. The summed E-state index contributed by atoms with van der Waals surface area (Å²) >= 11 is 0. The summed E-state index contributed by atoms with van der Waals surface area (Å²) < 4.78 is 44.3. The molecule has 2 aromatic rings. The molecule has 178 valence electrons. The fraction of sp³-hybridized carbons (Fsp3) is 0.591. The van der Waals surface area contributed by atoms with Crippen LogP contribution in [0.4, 0.5) is 0 Å². The molecule has 1 N–H and O–H groups in total. The first-order valence-electron chi connectivity index (χ1n) is 11.5. The lowest BCUT2D eigenvalue weighted by Crippen LogP contribution is -2.44.